The van der Waals surface area contributed by atoms with Gasteiger partial charge in [-0.3, -0.25) is 9.59 Å². The zero-order valence-corrected chi connectivity index (χ0v) is 15.5. The van der Waals surface area contributed by atoms with Crippen LogP contribution in [-0.4, -0.2) is 48.6 Å². The zero-order chi connectivity index (χ0) is 18.7. The molecule has 26 heavy (non-hydrogen) atoms. The van der Waals surface area contributed by atoms with Gasteiger partial charge in [-0.05, 0) is 30.5 Å². The number of amides is 2. The van der Waals surface area contributed by atoms with Crippen LogP contribution in [0.4, 0.5) is 5.69 Å². The minimum absolute atomic E-state index is 0.116. The number of nitrogens with zero attached hydrogens (tertiary/aromatic N) is 2. The first-order valence-electron chi connectivity index (χ1n) is 8.30. The topological polar surface area (TPSA) is 70.1 Å². The van der Waals surface area contributed by atoms with Gasteiger partial charge in [0.05, 0.1) is 24.5 Å². The van der Waals surface area contributed by atoms with Gasteiger partial charge in [-0.15, -0.1) is 11.3 Å². The van der Waals surface area contributed by atoms with E-state index in [0.29, 0.717) is 23.6 Å². The molecule has 1 N–H and O–H groups in total. The van der Waals surface area contributed by atoms with Crippen molar-refractivity contribution in [1.29, 1.82) is 0 Å². The first kappa shape index (κ1) is 18.2. The van der Waals surface area contributed by atoms with Crippen molar-refractivity contribution in [2.24, 2.45) is 0 Å². The molecule has 1 aliphatic rings. The van der Waals surface area contributed by atoms with E-state index in [4.69, 9.17) is 4.74 Å². The van der Waals surface area contributed by atoms with Crippen LogP contribution in [0.2, 0.25) is 0 Å². The maximum atomic E-state index is 13.2. The van der Waals surface area contributed by atoms with Crippen molar-refractivity contribution in [3.05, 3.63) is 52.4 Å². The number of carbonyl (C=O) groups excluding carboxylic acids is 2. The number of benzene rings is 1. The van der Waals surface area contributed by atoms with E-state index in [2.05, 4.69) is 0 Å². The number of carbonyl (C=O) groups is 2. The van der Waals surface area contributed by atoms with Crippen molar-refractivity contribution in [2.75, 3.05) is 31.7 Å². The smallest absolute Gasteiger partial charge is 0.282 e. The van der Waals surface area contributed by atoms with Gasteiger partial charge in [-0.1, -0.05) is 18.2 Å². The van der Waals surface area contributed by atoms with E-state index in [-0.39, 0.29) is 24.8 Å². The molecule has 136 valence electrons. The second-order valence-electron chi connectivity index (χ2n) is 5.69. The summed E-state index contributed by atoms with van der Waals surface area (Å²) in [6, 6.07) is 10.6. The number of aliphatic hydroxyl groups is 1. The normalized spacial score (nSPS) is 14.3. The van der Waals surface area contributed by atoms with Crippen LogP contribution in [0.25, 0.3) is 5.57 Å². The maximum Gasteiger partial charge on any atom is 0.282 e. The summed E-state index contributed by atoms with van der Waals surface area (Å²) in [7, 11) is 1.70. The molecule has 1 aromatic carbocycles. The Morgan fingerprint density at radius 1 is 1.15 bits per heavy atom. The number of thiophene rings is 1. The van der Waals surface area contributed by atoms with E-state index in [1.807, 2.05) is 24.4 Å². The first-order valence-corrected chi connectivity index (χ1v) is 9.18. The number of anilines is 1. The Kier molecular flexibility index (Phi) is 5.39. The van der Waals surface area contributed by atoms with Crippen LogP contribution in [0.5, 0.6) is 5.75 Å². The summed E-state index contributed by atoms with van der Waals surface area (Å²) in [5.41, 5.74) is 1.07. The van der Waals surface area contributed by atoms with Gasteiger partial charge in [0, 0.05) is 18.5 Å². The number of hydrogen-bond acceptors (Lipinski definition) is 6. The number of ether oxygens (including phenoxy) is 1. The summed E-state index contributed by atoms with van der Waals surface area (Å²) < 4.78 is 5.60. The zero-order valence-electron chi connectivity index (χ0n) is 14.6. The monoisotopic (exact) mass is 372 g/mol. The molecule has 6 nitrogen and oxygen atoms in total. The van der Waals surface area contributed by atoms with E-state index in [1.54, 1.807) is 36.2 Å². The molecule has 2 heterocycles. The van der Waals surface area contributed by atoms with Gasteiger partial charge in [0.25, 0.3) is 11.8 Å². The number of hydrogen-bond donors (Lipinski definition) is 1. The van der Waals surface area contributed by atoms with Gasteiger partial charge in [-0.2, -0.15) is 0 Å². The summed E-state index contributed by atoms with van der Waals surface area (Å²) in [5, 5.41) is 11.1. The van der Waals surface area contributed by atoms with Crippen molar-refractivity contribution in [3.8, 4) is 5.75 Å². The first-order chi connectivity index (χ1) is 12.6. The van der Waals surface area contributed by atoms with Crippen LogP contribution in [-0.2, 0) is 9.59 Å². The number of rotatable bonds is 7. The summed E-state index contributed by atoms with van der Waals surface area (Å²) in [6.07, 6.45) is 0. The predicted octanol–water partition coefficient (Wildman–Crippen LogP) is 2.36. The molecule has 1 aliphatic heterocycles. The molecule has 0 aliphatic carbocycles. The fourth-order valence-corrected chi connectivity index (χ4v) is 3.68. The van der Waals surface area contributed by atoms with Crippen molar-refractivity contribution in [2.45, 2.75) is 6.92 Å². The lowest BCUT2D eigenvalue weighted by Crippen LogP contribution is -2.35. The molecule has 0 unspecified atom stereocenters. The van der Waals surface area contributed by atoms with E-state index < -0.39 is 5.91 Å². The van der Waals surface area contributed by atoms with Crippen LogP contribution < -0.4 is 9.64 Å². The van der Waals surface area contributed by atoms with Gasteiger partial charge in [-0.25, -0.2) is 4.90 Å². The summed E-state index contributed by atoms with van der Waals surface area (Å²) in [6.45, 7) is 2.41. The molecule has 3 rings (SSSR count). The van der Waals surface area contributed by atoms with Crippen LogP contribution in [0, 0.1) is 0 Å². The molecule has 7 heteroatoms. The lowest BCUT2D eigenvalue weighted by atomic mass is 10.2. The Labute approximate surface area is 155 Å². The molecule has 0 atom stereocenters. The molecule has 2 amide bonds. The van der Waals surface area contributed by atoms with Crippen LogP contribution >= 0.6 is 11.3 Å². The van der Waals surface area contributed by atoms with E-state index in [9.17, 15) is 14.7 Å². The lowest BCUT2D eigenvalue weighted by molar-refractivity contribution is -0.120. The van der Waals surface area contributed by atoms with Crippen molar-refractivity contribution in [3.63, 3.8) is 0 Å². The molecule has 0 saturated carbocycles. The molecule has 0 fully saturated rings. The van der Waals surface area contributed by atoms with Crippen LogP contribution in [0.1, 0.15) is 11.8 Å². The van der Waals surface area contributed by atoms with Gasteiger partial charge in [0.2, 0.25) is 0 Å². The molecule has 0 radical (unpaired) electrons. The third-order valence-electron chi connectivity index (χ3n) is 4.05. The highest BCUT2D eigenvalue weighted by Crippen LogP contribution is 2.39. The van der Waals surface area contributed by atoms with E-state index in [1.165, 1.54) is 11.3 Å². The molecule has 0 saturated heterocycles. The fraction of sp³-hybridized carbons (Fsp3) is 0.263. The van der Waals surface area contributed by atoms with Crippen LogP contribution in [0.15, 0.2) is 47.5 Å². The van der Waals surface area contributed by atoms with Gasteiger partial charge in [0.15, 0.2) is 0 Å². The average Bonchev–Trinajstić information content (AvgIpc) is 3.22. The summed E-state index contributed by atoms with van der Waals surface area (Å²) in [4.78, 5) is 29.9. The van der Waals surface area contributed by atoms with Crippen molar-refractivity contribution in [1.82, 2.24) is 4.90 Å². The van der Waals surface area contributed by atoms with E-state index in [0.717, 1.165) is 9.78 Å². The Bertz CT molecular complexity index is 845. The van der Waals surface area contributed by atoms with Crippen molar-refractivity contribution < 1.29 is 19.4 Å². The second kappa shape index (κ2) is 7.72. The fourth-order valence-electron chi connectivity index (χ4n) is 2.92. The molecular weight excluding hydrogens is 352 g/mol. The minimum Gasteiger partial charge on any atom is -0.492 e. The molecule has 1 aromatic heterocycles. The number of para-hydroxylation sites is 2. The van der Waals surface area contributed by atoms with Crippen LogP contribution in [0.3, 0.4) is 0 Å². The average molecular weight is 372 g/mol. The predicted molar refractivity (Wildman–Crippen MR) is 101 cm³/mol. The number of aliphatic hydroxyl groups excluding tert-OH is 1. The number of imide groups is 1. The van der Waals surface area contributed by atoms with Crippen molar-refractivity contribution >= 4 is 34.4 Å². The largest absolute Gasteiger partial charge is 0.492 e. The highest BCUT2D eigenvalue weighted by Gasteiger charge is 2.43. The highest BCUT2D eigenvalue weighted by molar-refractivity contribution is 7.11. The molecule has 0 bridgehead atoms. The standard InChI is InChI=1S/C19H20N2O4S/c1-3-25-14-8-5-4-7-13(14)21-18(23)16(15-9-6-12-26-15)17(19(21)24)20(2)10-11-22/h4-9,12,22H,3,10-11H2,1-2H3. The quantitative estimate of drug-likeness (QED) is 0.756. The number of likely N-dealkylation sites (N-methyl/N-ethyl adjacent to an activating group) is 1. The minimum atomic E-state index is -0.415. The van der Waals surface area contributed by atoms with Gasteiger partial charge >= 0.3 is 0 Å². The maximum absolute atomic E-state index is 13.2. The van der Waals surface area contributed by atoms with Gasteiger partial charge in [0.1, 0.15) is 11.4 Å². The lowest BCUT2D eigenvalue weighted by Gasteiger charge is -2.21. The molecular formula is C19H20N2O4S. The third kappa shape index (κ3) is 3.11. The third-order valence-corrected chi connectivity index (χ3v) is 4.94. The van der Waals surface area contributed by atoms with Gasteiger partial charge < -0.3 is 14.7 Å². The molecule has 0 spiro atoms. The Morgan fingerprint density at radius 2 is 1.92 bits per heavy atom. The second-order valence-corrected chi connectivity index (χ2v) is 6.64. The summed E-state index contributed by atoms with van der Waals surface area (Å²) in [5.74, 6) is -0.320. The molecule has 2 aromatic rings. The Balaban J connectivity index is 2.11. The SMILES string of the molecule is CCOc1ccccc1N1C(=O)C(c2cccs2)=C(N(C)CCO)C1=O. The Hall–Kier alpha value is -2.64. The van der Waals surface area contributed by atoms with E-state index >= 15 is 0 Å². The summed E-state index contributed by atoms with van der Waals surface area (Å²) >= 11 is 1.40. The highest BCUT2D eigenvalue weighted by atomic mass is 32.1. The Morgan fingerprint density at radius 3 is 2.58 bits per heavy atom.